The van der Waals surface area contributed by atoms with Crippen LogP contribution in [0.15, 0.2) is 61.2 Å². The summed E-state index contributed by atoms with van der Waals surface area (Å²) in [5.74, 6) is 0.173. The molecule has 0 radical (unpaired) electrons. The number of rotatable bonds is 4. The van der Waals surface area contributed by atoms with Crippen molar-refractivity contribution in [1.82, 2.24) is 0 Å². The molecule has 18 heavy (non-hydrogen) atoms. The zero-order valence-corrected chi connectivity index (χ0v) is 10.5. The SMILES string of the molecule is C=C(c1ccccc1)c1ccc(C(=O)CC)cc1. The highest BCUT2D eigenvalue weighted by molar-refractivity contribution is 5.96. The number of hydrogen-bond acceptors (Lipinski definition) is 1. The molecule has 2 rings (SSSR count). The van der Waals surface area contributed by atoms with Gasteiger partial charge in [0.15, 0.2) is 5.78 Å². The number of hydrogen-bond donors (Lipinski definition) is 0. The summed E-state index contributed by atoms with van der Waals surface area (Å²) in [6, 6.07) is 17.7. The van der Waals surface area contributed by atoms with Gasteiger partial charge in [0.25, 0.3) is 0 Å². The minimum atomic E-state index is 0.173. The van der Waals surface area contributed by atoms with Crippen molar-refractivity contribution < 1.29 is 4.79 Å². The predicted octanol–water partition coefficient (Wildman–Crippen LogP) is 4.34. The Morgan fingerprint density at radius 1 is 0.889 bits per heavy atom. The van der Waals surface area contributed by atoms with Crippen LogP contribution >= 0.6 is 0 Å². The lowest BCUT2D eigenvalue weighted by molar-refractivity contribution is 0.0988. The van der Waals surface area contributed by atoms with E-state index < -0.39 is 0 Å². The highest BCUT2D eigenvalue weighted by Gasteiger charge is 2.05. The third-order valence-electron chi connectivity index (χ3n) is 3.00. The van der Waals surface area contributed by atoms with Crippen molar-refractivity contribution >= 4 is 11.4 Å². The van der Waals surface area contributed by atoms with Gasteiger partial charge in [-0.2, -0.15) is 0 Å². The number of carbonyl (C=O) groups is 1. The van der Waals surface area contributed by atoms with Crippen molar-refractivity contribution in [3.8, 4) is 0 Å². The van der Waals surface area contributed by atoms with E-state index in [1.165, 1.54) is 0 Å². The van der Waals surface area contributed by atoms with Crippen molar-refractivity contribution in [3.05, 3.63) is 77.9 Å². The number of Topliss-reactive ketones (excluding diaryl/α,β-unsaturated/α-hetero) is 1. The van der Waals surface area contributed by atoms with Crippen LogP contribution in [0.2, 0.25) is 0 Å². The Bertz CT molecular complexity index is 550. The average molecular weight is 236 g/mol. The highest BCUT2D eigenvalue weighted by Crippen LogP contribution is 2.21. The Labute approximate surface area is 108 Å². The van der Waals surface area contributed by atoms with E-state index in [2.05, 4.69) is 6.58 Å². The number of carbonyl (C=O) groups excluding carboxylic acids is 1. The first-order valence-corrected chi connectivity index (χ1v) is 6.10. The van der Waals surface area contributed by atoms with E-state index >= 15 is 0 Å². The van der Waals surface area contributed by atoms with Crippen LogP contribution in [0.5, 0.6) is 0 Å². The van der Waals surface area contributed by atoms with Gasteiger partial charge in [-0.3, -0.25) is 4.79 Å². The molecule has 0 aliphatic heterocycles. The molecular weight excluding hydrogens is 220 g/mol. The van der Waals surface area contributed by atoms with Crippen LogP contribution < -0.4 is 0 Å². The van der Waals surface area contributed by atoms with Crippen molar-refractivity contribution in [1.29, 1.82) is 0 Å². The van der Waals surface area contributed by atoms with E-state index in [4.69, 9.17) is 0 Å². The molecule has 2 aromatic rings. The van der Waals surface area contributed by atoms with Crippen molar-refractivity contribution in [2.45, 2.75) is 13.3 Å². The molecule has 1 nitrogen and oxygen atoms in total. The fraction of sp³-hybridized carbons (Fsp3) is 0.118. The van der Waals surface area contributed by atoms with Crippen molar-refractivity contribution in [2.75, 3.05) is 0 Å². The monoisotopic (exact) mass is 236 g/mol. The molecule has 0 heterocycles. The normalized spacial score (nSPS) is 10.1. The van der Waals surface area contributed by atoms with E-state index in [-0.39, 0.29) is 5.78 Å². The Balaban J connectivity index is 2.25. The van der Waals surface area contributed by atoms with Crippen LogP contribution in [0.25, 0.3) is 5.57 Å². The lowest BCUT2D eigenvalue weighted by Gasteiger charge is -2.07. The van der Waals surface area contributed by atoms with E-state index in [0.29, 0.717) is 6.42 Å². The van der Waals surface area contributed by atoms with Gasteiger partial charge in [0.2, 0.25) is 0 Å². The summed E-state index contributed by atoms with van der Waals surface area (Å²) in [4.78, 5) is 11.5. The number of benzene rings is 2. The molecule has 2 aromatic carbocycles. The largest absolute Gasteiger partial charge is 0.294 e. The average Bonchev–Trinajstić information content (AvgIpc) is 2.47. The summed E-state index contributed by atoms with van der Waals surface area (Å²) in [6.45, 7) is 5.98. The molecule has 90 valence electrons. The van der Waals surface area contributed by atoms with Crippen LogP contribution in [-0.4, -0.2) is 5.78 Å². The van der Waals surface area contributed by atoms with Gasteiger partial charge in [0.1, 0.15) is 0 Å². The Hall–Kier alpha value is -2.15. The first-order chi connectivity index (χ1) is 8.72. The first kappa shape index (κ1) is 12.3. The maximum absolute atomic E-state index is 11.5. The standard InChI is InChI=1S/C17H16O/c1-3-17(18)16-11-9-15(10-12-16)13(2)14-7-5-4-6-8-14/h4-12H,2-3H2,1H3. The molecule has 0 saturated carbocycles. The molecule has 0 atom stereocenters. The van der Waals surface area contributed by atoms with Gasteiger partial charge in [-0.05, 0) is 16.7 Å². The summed E-state index contributed by atoms with van der Waals surface area (Å²) in [6.07, 6.45) is 0.541. The Kier molecular flexibility index (Phi) is 3.73. The summed E-state index contributed by atoms with van der Waals surface area (Å²) in [5, 5.41) is 0. The molecule has 0 N–H and O–H groups in total. The zero-order valence-electron chi connectivity index (χ0n) is 10.5. The van der Waals surface area contributed by atoms with Crippen LogP contribution in [0.1, 0.15) is 34.8 Å². The molecule has 0 saturated heterocycles. The molecule has 0 aliphatic carbocycles. The summed E-state index contributed by atoms with van der Waals surface area (Å²) in [7, 11) is 0. The second kappa shape index (κ2) is 5.46. The quantitative estimate of drug-likeness (QED) is 0.722. The van der Waals surface area contributed by atoms with E-state index in [0.717, 1.165) is 22.3 Å². The Morgan fingerprint density at radius 2 is 1.39 bits per heavy atom. The van der Waals surface area contributed by atoms with Gasteiger partial charge in [0.05, 0.1) is 0 Å². The van der Waals surface area contributed by atoms with Crippen LogP contribution in [0, 0.1) is 0 Å². The summed E-state index contributed by atoms with van der Waals surface area (Å²) < 4.78 is 0. The first-order valence-electron chi connectivity index (χ1n) is 6.10. The molecule has 0 unspecified atom stereocenters. The topological polar surface area (TPSA) is 17.1 Å². The molecule has 1 heteroatoms. The third-order valence-corrected chi connectivity index (χ3v) is 3.00. The molecular formula is C17H16O. The van der Waals surface area contributed by atoms with Crippen LogP contribution in [0.4, 0.5) is 0 Å². The van der Waals surface area contributed by atoms with Crippen molar-refractivity contribution in [3.63, 3.8) is 0 Å². The lowest BCUT2D eigenvalue weighted by Crippen LogP contribution is -1.96. The molecule has 0 spiro atoms. The molecule has 0 aliphatic rings. The third kappa shape index (κ3) is 2.57. The minimum Gasteiger partial charge on any atom is -0.294 e. The van der Waals surface area contributed by atoms with Gasteiger partial charge >= 0.3 is 0 Å². The fourth-order valence-electron chi connectivity index (χ4n) is 1.87. The Morgan fingerprint density at radius 3 is 1.94 bits per heavy atom. The molecule has 0 amide bonds. The second-order valence-corrected chi connectivity index (χ2v) is 4.20. The minimum absolute atomic E-state index is 0.173. The van der Waals surface area contributed by atoms with E-state index in [1.54, 1.807) is 0 Å². The van der Waals surface area contributed by atoms with Gasteiger partial charge in [-0.1, -0.05) is 68.1 Å². The molecule has 0 fully saturated rings. The maximum Gasteiger partial charge on any atom is 0.162 e. The zero-order chi connectivity index (χ0) is 13.0. The predicted molar refractivity (Wildman–Crippen MR) is 75.6 cm³/mol. The van der Waals surface area contributed by atoms with Crippen LogP contribution in [0.3, 0.4) is 0 Å². The van der Waals surface area contributed by atoms with Gasteiger partial charge in [-0.25, -0.2) is 0 Å². The second-order valence-electron chi connectivity index (χ2n) is 4.20. The molecule has 0 aromatic heterocycles. The fourth-order valence-corrected chi connectivity index (χ4v) is 1.87. The smallest absolute Gasteiger partial charge is 0.162 e. The lowest BCUT2D eigenvalue weighted by atomic mass is 9.98. The summed E-state index contributed by atoms with van der Waals surface area (Å²) >= 11 is 0. The van der Waals surface area contributed by atoms with Gasteiger partial charge in [0, 0.05) is 12.0 Å². The molecule has 0 bridgehead atoms. The van der Waals surface area contributed by atoms with Crippen molar-refractivity contribution in [2.24, 2.45) is 0 Å². The highest BCUT2D eigenvalue weighted by atomic mass is 16.1. The van der Waals surface area contributed by atoms with Gasteiger partial charge in [-0.15, -0.1) is 0 Å². The summed E-state index contributed by atoms with van der Waals surface area (Å²) in [5.41, 5.74) is 3.90. The van der Waals surface area contributed by atoms with E-state index in [9.17, 15) is 4.79 Å². The van der Waals surface area contributed by atoms with Gasteiger partial charge < -0.3 is 0 Å². The maximum atomic E-state index is 11.5. The van der Waals surface area contributed by atoms with E-state index in [1.807, 2.05) is 61.5 Å². The number of ketones is 1. The van der Waals surface area contributed by atoms with Crippen LogP contribution in [-0.2, 0) is 0 Å².